The molecular weight excluding hydrogens is 346 g/mol. The number of carbonyl (C=O) groups excluding carboxylic acids is 2. The highest BCUT2D eigenvalue weighted by Gasteiger charge is 2.39. The fraction of sp³-hybridized carbons (Fsp3) is 0.579. The summed E-state index contributed by atoms with van der Waals surface area (Å²) in [6.07, 6.45) is 8.04. The van der Waals surface area contributed by atoms with Crippen LogP contribution in [0, 0.1) is 5.41 Å². The molecule has 2 aromatic heterocycles. The molecule has 1 atom stereocenters. The molecule has 8 heteroatoms. The van der Waals surface area contributed by atoms with E-state index < -0.39 is 5.41 Å². The number of imidazole rings is 1. The predicted octanol–water partition coefficient (Wildman–Crippen LogP) is 1.77. The third-order valence-electron chi connectivity index (χ3n) is 5.13. The Labute approximate surface area is 158 Å². The molecule has 1 fully saturated rings. The van der Waals surface area contributed by atoms with E-state index in [1.807, 2.05) is 35.6 Å². The Kier molecular flexibility index (Phi) is 5.93. The molecule has 0 spiro atoms. The van der Waals surface area contributed by atoms with Crippen LogP contribution in [0.15, 0.2) is 29.3 Å². The van der Waals surface area contributed by atoms with Crippen molar-refractivity contribution in [1.29, 1.82) is 0 Å². The quantitative estimate of drug-likeness (QED) is 0.798. The first kappa shape index (κ1) is 19.1. The zero-order valence-electron chi connectivity index (χ0n) is 16.0. The lowest BCUT2D eigenvalue weighted by Gasteiger charge is -2.39. The lowest BCUT2D eigenvalue weighted by molar-refractivity contribution is -0.140. The average molecular weight is 373 g/mol. The second-order valence-corrected chi connectivity index (χ2v) is 7.35. The molecule has 3 heterocycles. The van der Waals surface area contributed by atoms with Gasteiger partial charge in [-0.05, 0) is 26.2 Å². The minimum atomic E-state index is -0.587. The predicted molar refractivity (Wildman–Crippen MR) is 98.5 cm³/mol. The van der Waals surface area contributed by atoms with Gasteiger partial charge in [-0.1, -0.05) is 12.1 Å². The second-order valence-electron chi connectivity index (χ2n) is 7.35. The lowest BCUT2D eigenvalue weighted by atomic mass is 9.80. The maximum absolute atomic E-state index is 12.8. The van der Waals surface area contributed by atoms with Crippen LogP contribution in [0.3, 0.4) is 0 Å². The number of hydrogen-bond donors (Lipinski definition) is 1. The summed E-state index contributed by atoms with van der Waals surface area (Å²) in [6, 6.07) is 1.86. The van der Waals surface area contributed by atoms with Gasteiger partial charge in [-0.3, -0.25) is 9.59 Å². The van der Waals surface area contributed by atoms with E-state index in [2.05, 4.69) is 15.5 Å². The van der Waals surface area contributed by atoms with Gasteiger partial charge in [0, 0.05) is 44.5 Å². The van der Waals surface area contributed by atoms with Gasteiger partial charge >= 0.3 is 0 Å². The Balaban J connectivity index is 1.52. The number of aryl methyl sites for hydroxylation is 2. The molecule has 1 aliphatic rings. The standard InChI is InChI=1S/C19H27N5O3/c1-3-15-11-16(27-22-15)12-21-18(26)19(2)6-4-8-24(13-19)17(25)5-9-23-10-7-20-14-23/h7,10-11,14H,3-6,8-9,12-13H2,1-2H3,(H,21,26)/t19-/m1/s1. The van der Waals surface area contributed by atoms with Crippen LogP contribution < -0.4 is 5.32 Å². The highest BCUT2D eigenvalue weighted by atomic mass is 16.5. The third-order valence-corrected chi connectivity index (χ3v) is 5.13. The molecule has 146 valence electrons. The van der Waals surface area contributed by atoms with Crippen molar-refractivity contribution >= 4 is 11.8 Å². The monoisotopic (exact) mass is 373 g/mol. The molecule has 2 aromatic rings. The second kappa shape index (κ2) is 8.37. The third kappa shape index (κ3) is 4.75. The van der Waals surface area contributed by atoms with Crippen molar-refractivity contribution in [1.82, 2.24) is 24.9 Å². The minimum Gasteiger partial charge on any atom is -0.359 e. The molecule has 0 bridgehead atoms. The first-order valence-electron chi connectivity index (χ1n) is 9.46. The van der Waals surface area contributed by atoms with Crippen molar-refractivity contribution < 1.29 is 14.1 Å². The molecule has 0 aromatic carbocycles. The van der Waals surface area contributed by atoms with E-state index in [9.17, 15) is 9.59 Å². The van der Waals surface area contributed by atoms with E-state index in [1.165, 1.54) is 0 Å². The number of piperidine rings is 1. The Morgan fingerprint density at radius 2 is 2.26 bits per heavy atom. The highest BCUT2D eigenvalue weighted by Crippen LogP contribution is 2.30. The molecule has 0 saturated carbocycles. The molecule has 8 nitrogen and oxygen atoms in total. The molecule has 27 heavy (non-hydrogen) atoms. The zero-order valence-corrected chi connectivity index (χ0v) is 16.0. The van der Waals surface area contributed by atoms with Crippen molar-refractivity contribution in [2.45, 2.75) is 52.6 Å². The Bertz CT molecular complexity index is 770. The number of amides is 2. The van der Waals surface area contributed by atoms with Gasteiger partial charge in [0.1, 0.15) is 0 Å². The fourth-order valence-electron chi connectivity index (χ4n) is 3.43. The summed E-state index contributed by atoms with van der Waals surface area (Å²) >= 11 is 0. The molecule has 1 aliphatic heterocycles. The summed E-state index contributed by atoms with van der Waals surface area (Å²) < 4.78 is 7.10. The first-order valence-corrected chi connectivity index (χ1v) is 9.46. The fourth-order valence-corrected chi connectivity index (χ4v) is 3.43. The number of likely N-dealkylation sites (tertiary alicyclic amines) is 1. The van der Waals surface area contributed by atoms with Crippen molar-refractivity contribution in [3.8, 4) is 0 Å². The van der Waals surface area contributed by atoms with Crippen LogP contribution in [0.2, 0.25) is 0 Å². The van der Waals surface area contributed by atoms with Gasteiger partial charge in [0.15, 0.2) is 5.76 Å². The van der Waals surface area contributed by atoms with Gasteiger partial charge in [-0.2, -0.15) is 0 Å². The number of nitrogens with zero attached hydrogens (tertiary/aromatic N) is 4. The Hall–Kier alpha value is -2.64. The van der Waals surface area contributed by atoms with E-state index in [0.29, 0.717) is 38.4 Å². The summed E-state index contributed by atoms with van der Waals surface area (Å²) in [5.74, 6) is 0.669. The van der Waals surface area contributed by atoms with Gasteiger partial charge in [0.25, 0.3) is 0 Å². The lowest BCUT2D eigenvalue weighted by Crippen LogP contribution is -2.51. The van der Waals surface area contributed by atoms with Crippen LogP contribution in [0.5, 0.6) is 0 Å². The molecule has 1 saturated heterocycles. The summed E-state index contributed by atoms with van der Waals surface area (Å²) in [4.78, 5) is 31.1. The highest BCUT2D eigenvalue weighted by molar-refractivity contribution is 5.84. The first-order chi connectivity index (χ1) is 13.0. The molecule has 2 amide bonds. The molecule has 0 unspecified atom stereocenters. The van der Waals surface area contributed by atoms with E-state index >= 15 is 0 Å². The summed E-state index contributed by atoms with van der Waals surface area (Å²) in [5.41, 5.74) is 0.286. The number of carbonyl (C=O) groups is 2. The van der Waals surface area contributed by atoms with E-state index in [0.717, 1.165) is 25.0 Å². The topological polar surface area (TPSA) is 93.3 Å². The molecule has 0 radical (unpaired) electrons. The van der Waals surface area contributed by atoms with Crippen LogP contribution in [0.25, 0.3) is 0 Å². The minimum absolute atomic E-state index is 0.0518. The zero-order chi connectivity index (χ0) is 19.3. The smallest absolute Gasteiger partial charge is 0.228 e. The maximum Gasteiger partial charge on any atom is 0.228 e. The van der Waals surface area contributed by atoms with Gasteiger partial charge < -0.3 is 19.3 Å². The van der Waals surface area contributed by atoms with Gasteiger partial charge in [0.2, 0.25) is 11.8 Å². The molecule has 3 rings (SSSR count). The van der Waals surface area contributed by atoms with Crippen LogP contribution in [-0.4, -0.2) is 44.5 Å². The van der Waals surface area contributed by atoms with Crippen molar-refractivity contribution in [2.24, 2.45) is 5.41 Å². The van der Waals surface area contributed by atoms with E-state index in [1.54, 1.807) is 12.5 Å². The Morgan fingerprint density at radius 3 is 2.96 bits per heavy atom. The van der Waals surface area contributed by atoms with Gasteiger partial charge in [-0.15, -0.1) is 0 Å². The summed E-state index contributed by atoms with van der Waals surface area (Å²) in [5, 5.41) is 6.87. The van der Waals surface area contributed by atoms with Crippen LogP contribution in [-0.2, 0) is 29.1 Å². The van der Waals surface area contributed by atoms with E-state index in [-0.39, 0.29) is 11.8 Å². The number of aromatic nitrogens is 3. The normalized spacial score (nSPS) is 19.9. The SMILES string of the molecule is CCc1cc(CNC(=O)[C@]2(C)CCCN(C(=O)CCn3ccnc3)C2)on1. The van der Waals surface area contributed by atoms with Crippen LogP contribution in [0.4, 0.5) is 0 Å². The van der Waals surface area contributed by atoms with E-state index in [4.69, 9.17) is 4.52 Å². The summed E-state index contributed by atoms with van der Waals surface area (Å²) in [6.45, 7) is 5.99. The van der Waals surface area contributed by atoms with Crippen LogP contribution >= 0.6 is 0 Å². The van der Waals surface area contributed by atoms with Crippen LogP contribution in [0.1, 0.15) is 44.6 Å². The average Bonchev–Trinajstić information content (AvgIpc) is 3.35. The maximum atomic E-state index is 12.8. The Morgan fingerprint density at radius 1 is 1.41 bits per heavy atom. The van der Waals surface area contributed by atoms with Gasteiger partial charge in [0.05, 0.1) is 24.0 Å². The number of hydrogen-bond acceptors (Lipinski definition) is 5. The number of nitrogens with one attached hydrogen (secondary N) is 1. The molecule has 0 aliphatic carbocycles. The largest absolute Gasteiger partial charge is 0.359 e. The summed E-state index contributed by atoms with van der Waals surface area (Å²) in [7, 11) is 0. The van der Waals surface area contributed by atoms with Crippen molar-refractivity contribution in [2.75, 3.05) is 13.1 Å². The number of rotatable bonds is 7. The van der Waals surface area contributed by atoms with Crippen molar-refractivity contribution in [3.63, 3.8) is 0 Å². The van der Waals surface area contributed by atoms with Gasteiger partial charge in [-0.25, -0.2) is 4.98 Å². The molecule has 1 N–H and O–H groups in total. The molecular formula is C19H27N5O3. The van der Waals surface area contributed by atoms with Crippen molar-refractivity contribution in [3.05, 3.63) is 36.2 Å².